The number of carbonyl (C=O) groups is 1. The summed E-state index contributed by atoms with van der Waals surface area (Å²) in [4.78, 5) is 15.4. The molecule has 0 N–H and O–H groups in total. The molecule has 1 aromatic carbocycles. The lowest BCUT2D eigenvalue weighted by Gasteiger charge is -2.08. The Morgan fingerprint density at radius 3 is 2.64 bits per heavy atom. The maximum absolute atomic E-state index is 14.1. The summed E-state index contributed by atoms with van der Waals surface area (Å²) < 4.78 is 23.7. The summed E-state index contributed by atoms with van der Waals surface area (Å²) >= 11 is 0. The second kappa shape index (κ2) is 6.85. The van der Waals surface area contributed by atoms with Crippen molar-refractivity contribution in [3.63, 3.8) is 0 Å². The number of methoxy groups -OCH3 is 2. The summed E-state index contributed by atoms with van der Waals surface area (Å²) in [5.41, 5.74) is 2.45. The van der Waals surface area contributed by atoms with Crippen molar-refractivity contribution in [3.05, 3.63) is 54.1 Å². The van der Waals surface area contributed by atoms with Crippen molar-refractivity contribution in [2.75, 3.05) is 14.2 Å². The molecule has 5 heteroatoms. The molecular weight excluding hydrogens is 285 g/mol. The van der Waals surface area contributed by atoms with Crippen molar-refractivity contribution in [1.82, 2.24) is 4.98 Å². The predicted molar refractivity (Wildman–Crippen MR) is 81.9 cm³/mol. The van der Waals surface area contributed by atoms with Crippen molar-refractivity contribution in [2.24, 2.45) is 0 Å². The van der Waals surface area contributed by atoms with Gasteiger partial charge >= 0.3 is 5.97 Å². The smallest absolute Gasteiger partial charge is 0.330 e. The van der Waals surface area contributed by atoms with Crippen molar-refractivity contribution < 1.29 is 18.7 Å². The average Bonchev–Trinajstić information content (AvgIpc) is 2.54. The van der Waals surface area contributed by atoms with Gasteiger partial charge in [-0.25, -0.2) is 9.18 Å². The molecule has 1 heterocycles. The summed E-state index contributed by atoms with van der Waals surface area (Å²) in [6.07, 6.45) is 4.55. The fourth-order valence-corrected chi connectivity index (χ4v) is 1.98. The van der Waals surface area contributed by atoms with Gasteiger partial charge in [0.25, 0.3) is 0 Å². The Bertz CT molecular complexity index is 726. The Balaban J connectivity index is 2.40. The summed E-state index contributed by atoms with van der Waals surface area (Å²) in [5, 5.41) is 0. The number of carbonyl (C=O) groups excluding carboxylic acids is 1. The maximum Gasteiger partial charge on any atom is 0.330 e. The predicted octanol–water partition coefficient (Wildman–Crippen LogP) is 3.47. The third-order valence-electron chi connectivity index (χ3n) is 3.22. The minimum atomic E-state index is -0.446. The van der Waals surface area contributed by atoms with Gasteiger partial charge in [-0.3, -0.25) is 4.98 Å². The first-order valence-electron chi connectivity index (χ1n) is 6.60. The molecule has 1 aromatic heterocycles. The number of esters is 1. The van der Waals surface area contributed by atoms with Crippen LogP contribution in [0.25, 0.3) is 16.7 Å². The Morgan fingerprint density at radius 2 is 2.00 bits per heavy atom. The number of pyridine rings is 1. The van der Waals surface area contributed by atoms with E-state index in [4.69, 9.17) is 4.74 Å². The van der Waals surface area contributed by atoms with Crippen LogP contribution in [0.3, 0.4) is 0 Å². The maximum atomic E-state index is 14.1. The van der Waals surface area contributed by atoms with Crippen LogP contribution >= 0.6 is 0 Å². The third-order valence-corrected chi connectivity index (χ3v) is 3.22. The van der Waals surface area contributed by atoms with Gasteiger partial charge in [-0.05, 0) is 36.3 Å². The van der Waals surface area contributed by atoms with E-state index >= 15 is 0 Å². The number of rotatable bonds is 4. The number of halogens is 1. The monoisotopic (exact) mass is 301 g/mol. The van der Waals surface area contributed by atoms with Crippen LogP contribution in [-0.2, 0) is 9.53 Å². The summed E-state index contributed by atoms with van der Waals surface area (Å²) in [7, 11) is 2.80. The molecule has 0 unspecified atom stereocenters. The van der Waals surface area contributed by atoms with Gasteiger partial charge in [-0.15, -0.1) is 0 Å². The normalized spacial score (nSPS) is 11.2. The molecule has 4 nitrogen and oxygen atoms in total. The number of aromatic nitrogens is 1. The molecule has 114 valence electrons. The number of allylic oxidation sites excluding steroid dienone is 1. The molecular formula is C17H16FNO3. The highest BCUT2D eigenvalue weighted by Gasteiger charge is 2.09. The molecule has 2 aromatic rings. The van der Waals surface area contributed by atoms with Crippen molar-refractivity contribution >= 4 is 11.5 Å². The van der Waals surface area contributed by atoms with Crippen LogP contribution in [0.15, 0.2) is 42.7 Å². The number of nitrogens with zero attached hydrogens (tertiary/aromatic N) is 1. The lowest BCUT2D eigenvalue weighted by molar-refractivity contribution is -0.134. The second-order valence-electron chi connectivity index (χ2n) is 4.66. The molecule has 0 bridgehead atoms. The van der Waals surface area contributed by atoms with E-state index in [0.29, 0.717) is 22.4 Å². The van der Waals surface area contributed by atoms with Crippen LogP contribution in [-0.4, -0.2) is 25.2 Å². The van der Waals surface area contributed by atoms with Gasteiger partial charge in [-0.2, -0.15) is 0 Å². The zero-order chi connectivity index (χ0) is 16.1. The zero-order valence-corrected chi connectivity index (χ0v) is 12.6. The number of hydrogen-bond acceptors (Lipinski definition) is 4. The Hall–Kier alpha value is -2.69. The van der Waals surface area contributed by atoms with E-state index < -0.39 is 11.8 Å². The number of benzene rings is 1. The van der Waals surface area contributed by atoms with Gasteiger partial charge in [0.1, 0.15) is 11.6 Å². The van der Waals surface area contributed by atoms with E-state index in [-0.39, 0.29) is 0 Å². The fourth-order valence-electron chi connectivity index (χ4n) is 1.98. The highest BCUT2D eigenvalue weighted by atomic mass is 19.1. The molecule has 2 rings (SSSR count). The minimum Gasteiger partial charge on any atom is -0.497 e. The lowest BCUT2D eigenvalue weighted by atomic mass is 10.0. The first-order chi connectivity index (χ1) is 10.5. The van der Waals surface area contributed by atoms with Gasteiger partial charge < -0.3 is 9.47 Å². The third kappa shape index (κ3) is 3.49. The largest absolute Gasteiger partial charge is 0.497 e. The van der Waals surface area contributed by atoms with Crippen LogP contribution in [0.4, 0.5) is 4.39 Å². The second-order valence-corrected chi connectivity index (χ2v) is 4.66. The van der Waals surface area contributed by atoms with Crippen LogP contribution in [0, 0.1) is 5.82 Å². The van der Waals surface area contributed by atoms with E-state index in [1.165, 1.54) is 26.4 Å². The SMILES string of the molecule is COC(=O)/C=C(\C)c1cncc(-c2ccc(OC)cc2F)c1. The van der Waals surface area contributed by atoms with Gasteiger partial charge in [0.15, 0.2) is 0 Å². The molecule has 0 aliphatic heterocycles. The molecule has 0 aliphatic rings. The molecule has 0 amide bonds. The number of ether oxygens (including phenoxy) is 2. The highest BCUT2D eigenvalue weighted by molar-refractivity contribution is 5.91. The van der Waals surface area contributed by atoms with E-state index in [1.54, 1.807) is 37.5 Å². The fraction of sp³-hybridized carbons (Fsp3) is 0.176. The van der Waals surface area contributed by atoms with Crippen molar-refractivity contribution in [3.8, 4) is 16.9 Å². The first-order valence-corrected chi connectivity index (χ1v) is 6.60. The topological polar surface area (TPSA) is 48.4 Å². The van der Waals surface area contributed by atoms with E-state index in [9.17, 15) is 9.18 Å². The standard InChI is InChI=1S/C17H16FNO3/c1-11(6-17(20)22-3)12-7-13(10-19-9-12)15-5-4-14(21-2)8-16(15)18/h4-10H,1-3H3/b11-6+. The summed E-state index contributed by atoms with van der Waals surface area (Å²) in [5.74, 6) is -0.390. The Labute approximate surface area is 128 Å². The van der Waals surface area contributed by atoms with Gasteiger partial charge in [-0.1, -0.05) is 0 Å². The molecule has 0 fully saturated rings. The van der Waals surface area contributed by atoms with Crippen LogP contribution in [0.1, 0.15) is 12.5 Å². The van der Waals surface area contributed by atoms with E-state index in [2.05, 4.69) is 9.72 Å². The van der Waals surface area contributed by atoms with Gasteiger partial charge in [0.05, 0.1) is 14.2 Å². The van der Waals surface area contributed by atoms with Crippen LogP contribution < -0.4 is 4.74 Å². The lowest BCUT2D eigenvalue weighted by Crippen LogP contribution is -1.96. The van der Waals surface area contributed by atoms with Gasteiger partial charge in [0.2, 0.25) is 0 Å². The van der Waals surface area contributed by atoms with Crippen LogP contribution in [0.2, 0.25) is 0 Å². The molecule has 0 saturated heterocycles. The van der Waals surface area contributed by atoms with Gasteiger partial charge in [0, 0.05) is 35.7 Å². The Morgan fingerprint density at radius 1 is 1.23 bits per heavy atom. The first kappa shape index (κ1) is 15.7. The zero-order valence-electron chi connectivity index (χ0n) is 12.6. The molecule has 0 saturated carbocycles. The summed E-state index contributed by atoms with van der Waals surface area (Å²) in [6, 6.07) is 6.41. The molecule has 0 spiro atoms. The van der Waals surface area contributed by atoms with E-state index in [0.717, 1.165) is 5.56 Å². The molecule has 22 heavy (non-hydrogen) atoms. The quantitative estimate of drug-likeness (QED) is 0.641. The minimum absolute atomic E-state index is 0.395. The van der Waals surface area contributed by atoms with Crippen LogP contribution in [0.5, 0.6) is 5.75 Å². The van der Waals surface area contributed by atoms with E-state index in [1.807, 2.05) is 0 Å². The Kier molecular flexibility index (Phi) is 4.88. The molecule has 0 atom stereocenters. The highest BCUT2D eigenvalue weighted by Crippen LogP contribution is 2.27. The molecule has 0 radical (unpaired) electrons. The average molecular weight is 301 g/mol. The molecule has 0 aliphatic carbocycles. The van der Waals surface area contributed by atoms with Crippen molar-refractivity contribution in [1.29, 1.82) is 0 Å². The van der Waals surface area contributed by atoms with Crippen molar-refractivity contribution in [2.45, 2.75) is 6.92 Å². The number of hydrogen-bond donors (Lipinski definition) is 0. The summed E-state index contributed by atoms with van der Waals surface area (Å²) in [6.45, 7) is 1.77.